The number of benzene rings is 6. The van der Waals surface area contributed by atoms with E-state index in [1.54, 1.807) is 0 Å². The molecular weight excluding hydrogens is 695 g/mol. The van der Waals surface area contributed by atoms with Gasteiger partial charge in [0.1, 0.15) is 22.4 Å². The number of furan rings is 2. The lowest BCUT2D eigenvalue weighted by atomic mass is 9.45. The van der Waals surface area contributed by atoms with Gasteiger partial charge < -0.3 is 18.5 Å². The van der Waals surface area contributed by atoms with Gasteiger partial charge in [-0.05, 0) is 136 Å². The number of aryl methyl sites for hydroxylation is 2. The van der Waals surface area contributed by atoms with Gasteiger partial charge in [0.25, 0.3) is 0 Å². The van der Waals surface area contributed by atoms with E-state index in [0.29, 0.717) is 0 Å². The van der Waals surface area contributed by atoms with Crippen LogP contribution in [0.5, 0.6) is 0 Å². The molecule has 2 aromatic heterocycles. The molecule has 0 bridgehead atoms. The van der Waals surface area contributed by atoms with Crippen LogP contribution in [0.15, 0.2) is 118 Å². The molecule has 0 fully saturated rings. The van der Waals surface area contributed by atoms with Crippen molar-refractivity contribution in [2.45, 2.75) is 91.4 Å². The molecule has 4 heterocycles. The highest BCUT2D eigenvalue weighted by Crippen LogP contribution is 2.54. The van der Waals surface area contributed by atoms with E-state index in [1.165, 1.54) is 62.2 Å². The second-order valence-electron chi connectivity index (χ2n) is 19.3. The zero-order valence-corrected chi connectivity index (χ0v) is 34.6. The Balaban J connectivity index is 1.28. The largest absolute Gasteiger partial charge is 0.466 e. The topological polar surface area (TPSA) is 32.8 Å². The summed E-state index contributed by atoms with van der Waals surface area (Å²) in [6.45, 7) is 20.9. The van der Waals surface area contributed by atoms with Crippen molar-refractivity contribution in [2.75, 3.05) is 9.71 Å². The SMILES string of the molecule is Cc1cc2c3c(c1)N(c1cc4c(cc1C)C(C)(C)CCC4(C)C)c1c(oc4ccccc14)B3N(c1ccc(C(C)(C)C)cc1)c1ccc3oc4ccccc4c3c1-2. The first kappa shape index (κ1) is 34.6. The monoisotopic (exact) mass is 744 g/mol. The van der Waals surface area contributed by atoms with Crippen molar-refractivity contribution in [1.82, 2.24) is 0 Å². The third-order valence-electron chi connectivity index (χ3n) is 13.6. The lowest BCUT2D eigenvalue weighted by Gasteiger charge is -2.46. The molecular formula is C52H49BN2O2. The Morgan fingerprint density at radius 1 is 0.632 bits per heavy atom. The predicted molar refractivity (Wildman–Crippen MR) is 241 cm³/mol. The van der Waals surface area contributed by atoms with E-state index in [0.717, 1.165) is 62.1 Å². The molecule has 0 radical (unpaired) electrons. The molecule has 0 unspecified atom stereocenters. The van der Waals surface area contributed by atoms with Gasteiger partial charge in [0.15, 0.2) is 0 Å². The van der Waals surface area contributed by atoms with Gasteiger partial charge in [-0.2, -0.15) is 0 Å². The second-order valence-corrected chi connectivity index (χ2v) is 19.3. The van der Waals surface area contributed by atoms with Crippen LogP contribution in [0, 0.1) is 13.8 Å². The highest BCUT2D eigenvalue weighted by molar-refractivity contribution is 6.93. The Kier molecular flexibility index (Phi) is 6.95. The van der Waals surface area contributed by atoms with Crippen molar-refractivity contribution in [2.24, 2.45) is 0 Å². The Bertz CT molecular complexity index is 2990. The molecule has 4 nitrogen and oxygen atoms in total. The van der Waals surface area contributed by atoms with Crippen LogP contribution in [-0.4, -0.2) is 6.85 Å². The standard InChI is InChI=1S/C52H49BN2O2/c1-30-26-36-45-39(22-23-44-46(45)34-14-10-12-16-42(34)56-44)55(33-20-18-32(19-21-33)50(3,4)5)53-47(36)41(27-30)54(48-35-15-11-13-17-43(35)57-49(48)53)40-29-38-37(28-31(40)2)51(6,7)24-25-52(38,8)9/h10-23,26-29H,24-25H2,1-9H3. The highest BCUT2D eigenvalue weighted by Gasteiger charge is 2.50. The molecule has 57 heavy (non-hydrogen) atoms. The van der Waals surface area contributed by atoms with Gasteiger partial charge in [-0.25, -0.2) is 0 Å². The molecule has 2 aliphatic heterocycles. The van der Waals surface area contributed by atoms with E-state index >= 15 is 0 Å². The highest BCUT2D eigenvalue weighted by atomic mass is 16.3. The van der Waals surface area contributed by atoms with Crippen LogP contribution >= 0.6 is 0 Å². The van der Waals surface area contributed by atoms with Gasteiger partial charge in [0, 0.05) is 44.5 Å². The predicted octanol–water partition coefficient (Wildman–Crippen LogP) is 13.3. The minimum Gasteiger partial charge on any atom is -0.466 e. The summed E-state index contributed by atoms with van der Waals surface area (Å²) < 4.78 is 13.8. The summed E-state index contributed by atoms with van der Waals surface area (Å²) in [7, 11) is 0. The maximum absolute atomic E-state index is 7.23. The van der Waals surface area contributed by atoms with Gasteiger partial charge in [-0.15, -0.1) is 0 Å². The number of hydrogen-bond donors (Lipinski definition) is 0. The van der Waals surface area contributed by atoms with Crippen LogP contribution in [0.1, 0.15) is 89.1 Å². The Hall–Kier alpha value is -5.68. The van der Waals surface area contributed by atoms with E-state index in [9.17, 15) is 0 Å². The molecule has 0 saturated carbocycles. The zero-order valence-electron chi connectivity index (χ0n) is 34.6. The van der Waals surface area contributed by atoms with Gasteiger partial charge in [-0.3, -0.25) is 0 Å². The van der Waals surface area contributed by atoms with Gasteiger partial charge in [-0.1, -0.05) is 103 Å². The van der Waals surface area contributed by atoms with Crippen molar-refractivity contribution < 1.29 is 8.83 Å². The number of rotatable bonds is 2. The van der Waals surface area contributed by atoms with E-state index in [1.807, 2.05) is 0 Å². The first-order chi connectivity index (χ1) is 27.2. The molecule has 0 N–H and O–H groups in total. The summed E-state index contributed by atoms with van der Waals surface area (Å²) in [4.78, 5) is 5.12. The van der Waals surface area contributed by atoms with Gasteiger partial charge in [0.2, 0.25) is 0 Å². The fourth-order valence-corrected chi connectivity index (χ4v) is 10.5. The van der Waals surface area contributed by atoms with Crippen molar-refractivity contribution >= 4 is 79.3 Å². The Labute approximate surface area is 336 Å². The number of fused-ring (bicyclic) bond motifs is 11. The maximum atomic E-state index is 7.23. The van der Waals surface area contributed by atoms with Crippen molar-refractivity contribution in [3.8, 4) is 11.1 Å². The molecule has 5 heteroatoms. The molecule has 1 aliphatic carbocycles. The molecule has 0 saturated heterocycles. The maximum Gasteiger partial charge on any atom is 0.375 e. The summed E-state index contributed by atoms with van der Waals surface area (Å²) in [6, 6.07) is 40.7. The molecule has 11 rings (SSSR count). The fourth-order valence-electron chi connectivity index (χ4n) is 10.5. The van der Waals surface area contributed by atoms with Crippen molar-refractivity contribution in [3.05, 3.63) is 137 Å². The van der Waals surface area contributed by atoms with Crippen LogP contribution in [-0.2, 0) is 16.2 Å². The lowest BCUT2D eigenvalue weighted by molar-refractivity contribution is 0.332. The van der Waals surface area contributed by atoms with Crippen LogP contribution in [0.4, 0.5) is 28.4 Å². The van der Waals surface area contributed by atoms with Crippen LogP contribution < -0.4 is 20.8 Å². The molecule has 8 aromatic rings. The summed E-state index contributed by atoms with van der Waals surface area (Å²) in [5, 5.41) is 3.41. The van der Waals surface area contributed by atoms with E-state index in [2.05, 4.69) is 181 Å². The van der Waals surface area contributed by atoms with E-state index in [-0.39, 0.29) is 23.1 Å². The van der Waals surface area contributed by atoms with Crippen molar-refractivity contribution in [3.63, 3.8) is 0 Å². The summed E-state index contributed by atoms with van der Waals surface area (Å²) in [5.41, 5.74) is 20.2. The van der Waals surface area contributed by atoms with Crippen LogP contribution in [0.3, 0.4) is 0 Å². The quantitative estimate of drug-likeness (QED) is 0.165. The molecule has 3 aliphatic rings. The number of para-hydroxylation sites is 2. The Morgan fingerprint density at radius 3 is 1.98 bits per heavy atom. The van der Waals surface area contributed by atoms with Gasteiger partial charge >= 0.3 is 6.85 Å². The van der Waals surface area contributed by atoms with E-state index in [4.69, 9.17) is 8.83 Å². The van der Waals surface area contributed by atoms with Crippen LogP contribution in [0.2, 0.25) is 0 Å². The molecule has 0 spiro atoms. The van der Waals surface area contributed by atoms with E-state index < -0.39 is 0 Å². The minimum atomic E-state index is -0.217. The third kappa shape index (κ3) is 4.81. The van der Waals surface area contributed by atoms with Gasteiger partial charge in [0.05, 0.1) is 5.69 Å². The summed E-state index contributed by atoms with van der Waals surface area (Å²) >= 11 is 0. The Morgan fingerprint density at radius 2 is 1.28 bits per heavy atom. The molecule has 6 aromatic carbocycles. The summed E-state index contributed by atoms with van der Waals surface area (Å²) in [6.07, 6.45) is 2.34. The third-order valence-corrected chi connectivity index (χ3v) is 13.6. The van der Waals surface area contributed by atoms with Crippen LogP contribution in [0.25, 0.3) is 44.0 Å². The number of nitrogens with zero attached hydrogens (tertiary/aromatic N) is 2. The minimum absolute atomic E-state index is 0.0330. The zero-order chi connectivity index (χ0) is 39.3. The molecule has 0 amide bonds. The number of hydrogen-bond acceptors (Lipinski definition) is 4. The average Bonchev–Trinajstić information content (AvgIpc) is 3.75. The average molecular weight is 745 g/mol. The first-order valence-corrected chi connectivity index (χ1v) is 20.7. The normalized spacial score (nSPS) is 16.5. The molecule has 0 atom stereocenters. The lowest BCUT2D eigenvalue weighted by Crippen LogP contribution is -2.61. The fraction of sp³-hybridized carbons (Fsp3) is 0.269. The smallest absolute Gasteiger partial charge is 0.375 e. The second kappa shape index (κ2) is 11.5. The molecule has 282 valence electrons. The summed E-state index contributed by atoms with van der Waals surface area (Å²) in [5.74, 6) is 0. The first-order valence-electron chi connectivity index (χ1n) is 20.7. The number of anilines is 5. The van der Waals surface area contributed by atoms with Crippen molar-refractivity contribution in [1.29, 1.82) is 0 Å².